The van der Waals surface area contributed by atoms with Gasteiger partial charge in [0, 0.05) is 24.8 Å². The summed E-state index contributed by atoms with van der Waals surface area (Å²) >= 11 is 6.06. The van der Waals surface area contributed by atoms with Crippen molar-refractivity contribution in [2.45, 2.75) is 6.29 Å². The molecule has 6 N–H and O–H groups in total. The molecule has 0 bridgehead atoms. The molecule has 7 nitrogen and oxygen atoms in total. The Hall–Kier alpha value is -1.83. The zero-order valence-electron chi connectivity index (χ0n) is 10.6. The maximum Gasteiger partial charge on any atom is 0.223 e. The second-order valence-corrected chi connectivity index (χ2v) is 3.92. The minimum Gasteiger partial charge on any atom is -0.370 e. The third kappa shape index (κ3) is 4.40. The van der Waals surface area contributed by atoms with E-state index in [4.69, 9.17) is 38.3 Å². The molecular formula is C11H16ClN5O2. The number of benzene rings is 1. The molecule has 0 aliphatic rings. The van der Waals surface area contributed by atoms with E-state index in [0.717, 1.165) is 0 Å². The lowest BCUT2D eigenvalue weighted by molar-refractivity contribution is -0.105. The predicted octanol–water partition coefficient (Wildman–Crippen LogP) is 0.851. The largest absolute Gasteiger partial charge is 0.370 e. The highest BCUT2D eigenvalue weighted by Gasteiger charge is 2.13. The van der Waals surface area contributed by atoms with Gasteiger partial charge in [0.25, 0.3) is 0 Å². The number of nitrogens with zero attached hydrogens (tertiary/aromatic N) is 2. The molecule has 0 saturated carbocycles. The molecule has 8 heteroatoms. The number of hydrogen-bond acceptors (Lipinski definition) is 3. The second kappa shape index (κ2) is 6.93. The fourth-order valence-corrected chi connectivity index (χ4v) is 1.63. The smallest absolute Gasteiger partial charge is 0.223 e. The maximum absolute atomic E-state index is 6.06. The first-order valence-corrected chi connectivity index (χ1v) is 5.64. The molecule has 1 aromatic carbocycles. The summed E-state index contributed by atoms with van der Waals surface area (Å²) in [7, 11) is 3.02. The quantitative estimate of drug-likeness (QED) is 0.430. The van der Waals surface area contributed by atoms with Gasteiger partial charge in [-0.1, -0.05) is 11.6 Å². The first kappa shape index (κ1) is 15.2. The van der Waals surface area contributed by atoms with Crippen LogP contribution in [0.25, 0.3) is 0 Å². The number of nitrogens with two attached hydrogens (primary N) is 3. The van der Waals surface area contributed by atoms with E-state index in [1.807, 2.05) is 0 Å². The van der Waals surface area contributed by atoms with Gasteiger partial charge in [-0.3, -0.25) is 0 Å². The molecule has 0 fully saturated rings. The van der Waals surface area contributed by atoms with Crippen molar-refractivity contribution >= 4 is 29.2 Å². The summed E-state index contributed by atoms with van der Waals surface area (Å²) in [6, 6.07) is 5.00. The van der Waals surface area contributed by atoms with Crippen molar-refractivity contribution in [3.8, 4) is 0 Å². The van der Waals surface area contributed by atoms with Crippen LogP contribution in [0.2, 0.25) is 5.02 Å². The predicted molar refractivity (Wildman–Crippen MR) is 75.3 cm³/mol. The topological polar surface area (TPSA) is 121 Å². The Kier molecular flexibility index (Phi) is 5.56. The van der Waals surface area contributed by atoms with Crippen LogP contribution in [0.15, 0.2) is 28.2 Å². The number of aliphatic imine (C=N–C) groups is 2. The molecule has 0 aromatic heterocycles. The molecule has 0 amide bonds. The number of halogens is 1. The Morgan fingerprint density at radius 3 is 2.37 bits per heavy atom. The van der Waals surface area contributed by atoms with Gasteiger partial charge in [-0.2, -0.15) is 4.99 Å². The molecule has 19 heavy (non-hydrogen) atoms. The third-order valence-electron chi connectivity index (χ3n) is 2.15. The Labute approximate surface area is 116 Å². The molecule has 0 heterocycles. The summed E-state index contributed by atoms with van der Waals surface area (Å²) < 4.78 is 10.3. The van der Waals surface area contributed by atoms with Crippen LogP contribution < -0.4 is 17.2 Å². The molecule has 0 aliphatic heterocycles. The molecule has 0 radical (unpaired) electrons. The zero-order chi connectivity index (χ0) is 14.4. The van der Waals surface area contributed by atoms with E-state index in [2.05, 4.69) is 9.98 Å². The van der Waals surface area contributed by atoms with Crippen LogP contribution >= 0.6 is 11.6 Å². The van der Waals surface area contributed by atoms with E-state index in [-0.39, 0.29) is 11.9 Å². The molecule has 0 atom stereocenters. The summed E-state index contributed by atoms with van der Waals surface area (Å²) in [4.78, 5) is 7.64. The van der Waals surface area contributed by atoms with Gasteiger partial charge in [-0.25, -0.2) is 4.99 Å². The Bertz CT molecular complexity index is 496. The Morgan fingerprint density at radius 2 is 1.84 bits per heavy atom. The molecule has 104 valence electrons. The van der Waals surface area contributed by atoms with Crippen LogP contribution in [0.5, 0.6) is 0 Å². The van der Waals surface area contributed by atoms with Gasteiger partial charge >= 0.3 is 0 Å². The van der Waals surface area contributed by atoms with Crippen LogP contribution in [-0.2, 0) is 9.47 Å². The number of methoxy groups -OCH3 is 2. The van der Waals surface area contributed by atoms with Gasteiger partial charge in [-0.15, -0.1) is 0 Å². The van der Waals surface area contributed by atoms with Crippen LogP contribution in [0.4, 0.5) is 5.69 Å². The summed E-state index contributed by atoms with van der Waals surface area (Å²) in [6.45, 7) is 0. The van der Waals surface area contributed by atoms with E-state index in [9.17, 15) is 0 Å². The molecule has 1 aromatic rings. The lowest BCUT2D eigenvalue weighted by Crippen LogP contribution is -2.26. The third-order valence-corrected chi connectivity index (χ3v) is 2.49. The van der Waals surface area contributed by atoms with Gasteiger partial charge < -0.3 is 26.7 Å². The van der Waals surface area contributed by atoms with Crippen molar-refractivity contribution in [3.05, 3.63) is 28.8 Å². The minimum atomic E-state index is -0.591. The lowest BCUT2D eigenvalue weighted by atomic mass is 10.2. The van der Waals surface area contributed by atoms with E-state index < -0.39 is 6.29 Å². The summed E-state index contributed by atoms with van der Waals surface area (Å²) in [5, 5.41) is 0.494. The average Bonchev–Trinajstić information content (AvgIpc) is 2.33. The highest BCUT2D eigenvalue weighted by molar-refractivity contribution is 6.31. The van der Waals surface area contributed by atoms with Gasteiger partial charge in [0.1, 0.15) is 0 Å². The second-order valence-electron chi connectivity index (χ2n) is 3.52. The van der Waals surface area contributed by atoms with Crippen molar-refractivity contribution in [2.75, 3.05) is 14.2 Å². The number of hydrogen-bond donors (Lipinski definition) is 3. The lowest BCUT2D eigenvalue weighted by Gasteiger charge is -2.15. The fraction of sp³-hybridized carbons (Fsp3) is 0.273. The van der Waals surface area contributed by atoms with Crippen molar-refractivity contribution in [2.24, 2.45) is 27.2 Å². The minimum absolute atomic E-state index is 0.0559. The highest BCUT2D eigenvalue weighted by atomic mass is 35.5. The SMILES string of the molecule is COC(OC)c1cc(N=C(N)N=C(N)N)ccc1Cl. The monoisotopic (exact) mass is 285 g/mol. The van der Waals surface area contributed by atoms with Gasteiger partial charge in [0.15, 0.2) is 12.2 Å². The van der Waals surface area contributed by atoms with E-state index in [1.54, 1.807) is 18.2 Å². The fourth-order valence-electron chi connectivity index (χ4n) is 1.42. The van der Waals surface area contributed by atoms with Crippen LogP contribution in [0.1, 0.15) is 11.9 Å². The highest BCUT2D eigenvalue weighted by Crippen LogP contribution is 2.29. The first-order chi connectivity index (χ1) is 8.97. The maximum atomic E-state index is 6.06. The van der Waals surface area contributed by atoms with Crippen molar-refractivity contribution in [3.63, 3.8) is 0 Å². The molecule has 0 aliphatic carbocycles. The summed E-state index contributed by atoms with van der Waals surface area (Å²) in [5.74, 6) is -0.221. The van der Waals surface area contributed by atoms with Gasteiger partial charge in [-0.05, 0) is 18.2 Å². The first-order valence-electron chi connectivity index (χ1n) is 5.26. The molecule has 0 saturated heterocycles. The molecular weight excluding hydrogens is 270 g/mol. The normalized spacial score (nSPS) is 11.7. The number of rotatable bonds is 4. The Morgan fingerprint density at radius 1 is 1.21 bits per heavy atom. The molecule has 0 unspecified atom stereocenters. The van der Waals surface area contributed by atoms with Crippen molar-refractivity contribution < 1.29 is 9.47 Å². The number of guanidine groups is 2. The number of ether oxygens (including phenoxy) is 2. The summed E-state index contributed by atoms with van der Waals surface area (Å²) in [6.07, 6.45) is -0.591. The summed E-state index contributed by atoms with van der Waals surface area (Å²) in [5.41, 5.74) is 17.1. The average molecular weight is 286 g/mol. The van der Waals surface area contributed by atoms with E-state index in [0.29, 0.717) is 16.3 Å². The van der Waals surface area contributed by atoms with Gasteiger partial charge in [0.05, 0.1) is 5.69 Å². The molecule has 0 spiro atoms. The van der Waals surface area contributed by atoms with Crippen LogP contribution in [0, 0.1) is 0 Å². The van der Waals surface area contributed by atoms with Crippen molar-refractivity contribution in [1.29, 1.82) is 0 Å². The Balaban J connectivity index is 3.12. The zero-order valence-corrected chi connectivity index (χ0v) is 11.4. The van der Waals surface area contributed by atoms with Gasteiger partial charge in [0.2, 0.25) is 5.96 Å². The van der Waals surface area contributed by atoms with E-state index >= 15 is 0 Å². The van der Waals surface area contributed by atoms with Crippen LogP contribution in [0.3, 0.4) is 0 Å². The standard InChI is InChI=1S/C11H16ClN5O2/c1-18-9(19-2)7-5-6(3-4-8(7)12)16-11(15)17-10(13)14/h3-5,9H,1-2H3,(H6,13,14,15,16,17). The van der Waals surface area contributed by atoms with Crippen molar-refractivity contribution in [1.82, 2.24) is 0 Å². The van der Waals surface area contributed by atoms with Crippen LogP contribution in [-0.4, -0.2) is 26.1 Å². The van der Waals surface area contributed by atoms with E-state index in [1.165, 1.54) is 14.2 Å². The molecule has 1 rings (SSSR count).